The zero-order valence-corrected chi connectivity index (χ0v) is 16.4. The van der Waals surface area contributed by atoms with E-state index in [1.807, 2.05) is 24.3 Å². The van der Waals surface area contributed by atoms with Gasteiger partial charge >= 0.3 is 0 Å². The van der Waals surface area contributed by atoms with Crippen LogP contribution in [0, 0.1) is 0 Å². The first kappa shape index (κ1) is 20.0. The fourth-order valence-electron chi connectivity index (χ4n) is 2.91. The van der Waals surface area contributed by atoms with E-state index < -0.39 is 0 Å². The summed E-state index contributed by atoms with van der Waals surface area (Å²) >= 11 is 6.11. The topological polar surface area (TPSA) is 82.7 Å². The molecule has 1 aliphatic rings. The SMILES string of the molecule is CNC(=O)c1ccc(NCC(=O)Nc2ccc(N3CCOCC3)cc2)cc1Cl. The fourth-order valence-corrected chi connectivity index (χ4v) is 3.17. The van der Waals surface area contributed by atoms with Crippen LogP contribution in [0.1, 0.15) is 10.4 Å². The van der Waals surface area contributed by atoms with Crippen molar-refractivity contribution in [2.24, 2.45) is 0 Å². The molecule has 0 spiro atoms. The Morgan fingerprint density at radius 3 is 2.39 bits per heavy atom. The summed E-state index contributed by atoms with van der Waals surface area (Å²) in [4.78, 5) is 26.1. The van der Waals surface area contributed by atoms with Crippen molar-refractivity contribution >= 4 is 40.5 Å². The Labute approximate surface area is 169 Å². The first-order chi connectivity index (χ1) is 13.6. The first-order valence-corrected chi connectivity index (χ1v) is 9.43. The average molecular weight is 403 g/mol. The van der Waals surface area contributed by atoms with Gasteiger partial charge in [0.1, 0.15) is 0 Å². The summed E-state index contributed by atoms with van der Waals surface area (Å²) in [5, 5.41) is 8.71. The van der Waals surface area contributed by atoms with Gasteiger partial charge in [-0.1, -0.05) is 11.6 Å². The molecule has 8 heteroatoms. The number of amides is 2. The summed E-state index contributed by atoms with van der Waals surface area (Å²) in [6.45, 7) is 3.30. The number of halogens is 1. The molecule has 3 rings (SSSR count). The third kappa shape index (κ3) is 5.15. The lowest BCUT2D eigenvalue weighted by molar-refractivity contribution is -0.114. The van der Waals surface area contributed by atoms with Gasteiger partial charge in [-0.05, 0) is 42.5 Å². The van der Waals surface area contributed by atoms with Gasteiger partial charge < -0.3 is 25.6 Å². The van der Waals surface area contributed by atoms with Gasteiger partial charge in [-0.25, -0.2) is 0 Å². The van der Waals surface area contributed by atoms with Gasteiger partial charge in [0.25, 0.3) is 5.91 Å². The highest BCUT2D eigenvalue weighted by molar-refractivity contribution is 6.34. The minimum Gasteiger partial charge on any atom is -0.378 e. The molecule has 2 aromatic carbocycles. The Bertz CT molecular complexity index is 836. The van der Waals surface area contributed by atoms with Crippen LogP contribution in [0.4, 0.5) is 17.1 Å². The molecule has 0 radical (unpaired) electrons. The van der Waals surface area contributed by atoms with Crippen molar-refractivity contribution in [3.63, 3.8) is 0 Å². The molecular formula is C20H23ClN4O3. The number of carbonyl (C=O) groups excluding carboxylic acids is 2. The predicted molar refractivity (Wildman–Crippen MR) is 111 cm³/mol. The van der Waals surface area contributed by atoms with E-state index in [0.717, 1.165) is 37.7 Å². The summed E-state index contributed by atoms with van der Waals surface area (Å²) in [5.74, 6) is -0.430. The Kier molecular flexibility index (Phi) is 6.73. The van der Waals surface area contributed by atoms with Crippen molar-refractivity contribution in [1.82, 2.24) is 5.32 Å². The van der Waals surface area contributed by atoms with E-state index in [-0.39, 0.29) is 18.4 Å². The van der Waals surface area contributed by atoms with E-state index in [4.69, 9.17) is 16.3 Å². The van der Waals surface area contributed by atoms with Gasteiger partial charge in [0.05, 0.1) is 30.3 Å². The maximum Gasteiger partial charge on any atom is 0.252 e. The van der Waals surface area contributed by atoms with Crippen LogP contribution in [0.25, 0.3) is 0 Å². The van der Waals surface area contributed by atoms with Gasteiger partial charge in [0.15, 0.2) is 0 Å². The molecule has 0 bridgehead atoms. The maximum absolute atomic E-state index is 12.2. The van der Waals surface area contributed by atoms with E-state index in [9.17, 15) is 9.59 Å². The zero-order chi connectivity index (χ0) is 19.9. The lowest BCUT2D eigenvalue weighted by Crippen LogP contribution is -2.36. The van der Waals surface area contributed by atoms with Crippen molar-refractivity contribution in [2.75, 3.05) is 55.4 Å². The van der Waals surface area contributed by atoms with Crippen LogP contribution in [0.15, 0.2) is 42.5 Å². The third-order valence-electron chi connectivity index (χ3n) is 4.42. The lowest BCUT2D eigenvalue weighted by atomic mass is 10.2. The molecule has 1 saturated heterocycles. The number of rotatable bonds is 6. The van der Waals surface area contributed by atoms with Crippen LogP contribution in [0.2, 0.25) is 5.02 Å². The van der Waals surface area contributed by atoms with E-state index in [1.54, 1.807) is 25.2 Å². The predicted octanol–water partition coefficient (Wildman–Crippen LogP) is 2.59. The van der Waals surface area contributed by atoms with Crippen molar-refractivity contribution < 1.29 is 14.3 Å². The molecule has 2 amide bonds. The molecule has 2 aromatic rings. The highest BCUT2D eigenvalue weighted by atomic mass is 35.5. The standard InChI is InChI=1S/C20H23ClN4O3/c1-22-20(27)17-7-4-15(12-18(17)21)23-13-19(26)24-14-2-5-16(6-3-14)25-8-10-28-11-9-25/h2-7,12,23H,8-11,13H2,1H3,(H,22,27)(H,24,26). The molecule has 28 heavy (non-hydrogen) atoms. The molecule has 148 valence electrons. The fraction of sp³-hybridized carbons (Fsp3) is 0.300. The molecule has 1 fully saturated rings. The zero-order valence-electron chi connectivity index (χ0n) is 15.6. The molecule has 1 aliphatic heterocycles. The van der Waals surface area contributed by atoms with Crippen molar-refractivity contribution in [3.8, 4) is 0 Å². The third-order valence-corrected chi connectivity index (χ3v) is 4.73. The number of hydrogen-bond donors (Lipinski definition) is 3. The van der Waals surface area contributed by atoms with E-state index in [1.165, 1.54) is 0 Å². The van der Waals surface area contributed by atoms with Crippen LogP contribution in [0.5, 0.6) is 0 Å². The lowest BCUT2D eigenvalue weighted by Gasteiger charge is -2.28. The number of benzene rings is 2. The van der Waals surface area contributed by atoms with E-state index >= 15 is 0 Å². The number of ether oxygens (including phenoxy) is 1. The Morgan fingerprint density at radius 2 is 1.75 bits per heavy atom. The Hall–Kier alpha value is -2.77. The van der Waals surface area contributed by atoms with Crippen molar-refractivity contribution in [1.29, 1.82) is 0 Å². The van der Waals surface area contributed by atoms with Gasteiger partial charge in [0, 0.05) is 37.2 Å². The van der Waals surface area contributed by atoms with Crippen molar-refractivity contribution in [3.05, 3.63) is 53.1 Å². The number of morpholine rings is 1. The molecule has 0 saturated carbocycles. The molecule has 3 N–H and O–H groups in total. The number of nitrogens with zero attached hydrogens (tertiary/aromatic N) is 1. The highest BCUT2D eigenvalue weighted by Gasteiger charge is 2.12. The van der Waals surface area contributed by atoms with Crippen LogP contribution in [-0.4, -0.2) is 51.7 Å². The second-order valence-electron chi connectivity index (χ2n) is 6.32. The van der Waals surface area contributed by atoms with Crippen molar-refractivity contribution in [2.45, 2.75) is 0 Å². The molecule has 0 atom stereocenters. The minimum atomic E-state index is -0.255. The van der Waals surface area contributed by atoms with Gasteiger partial charge in [0.2, 0.25) is 5.91 Å². The Balaban J connectivity index is 1.51. The summed E-state index contributed by atoms with van der Waals surface area (Å²) in [6.07, 6.45) is 0. The summed E-state index contributed by atoms with van der Waals surface area (Å²) in [5.41, 5.74) is 2.90. The number of hydrogen-bond acceptors (Lipinski definition) is 5. The number of carbonyl (C=O) groups is 2. The van der Waals surface area contributed by atoms with Crippen LogP contribution < -0.4 is 20.9 Å². The number of nitrogens with one attached hydrogen (secondary N) is 3. The van der Waals surface area contributed by atoms with Crippen LogP contribution in [0.3, 0.4) is 0 Å². The number of anilines is 3. The van der Waals surface area contributed by atoms with Gasteiger partial charge in [-0.3, -0.25) is 9.59 Å². The quantitative estimate of drug-likeness (QED) is 0.691. The molecule has 0 unspecified atom stereocenters. The van der Waals surface area contributed by atoms with Gasteiger partial charge in [-0.2, -0.15) is 0 Å². The molecule has 7 nitrogen and oxygen atoms in total. The summed E-state index contributed by atoms with van der Waals surface area (Å²) in [7, 11) is 1.54. The van der Waals surface area contributed by atoms with Gasteiger partial charge in [-0.15, -0.1) is 0 Å². The first-order valence-electron chi connectivity index (χ1n) is 9.05. The van der Waals surface area contributed by atoms with Crippen LogP contribution in [-0.2, 0) is 9.53 Å². The molecule has 1 heterocycles. The van der Waals surface area contributed by atoms with E-state index in [2.05, 4.69) is 20.9 Å². The second-order valence-corrected chi connectivity index (χ2v) is 6.73. The monoisotopic (exact) mass is 402 g/mol. The smallest absolute Gasteiger partial charge is 0.252 e. The Morgan fingerprint density at radius 1 is 1.07 bits per heavy atom. The molecule has 0 aromatic heterocycles. The summed E-state index contributed by atoms with van der Waals surface area (Å²) < 4.78 is 5.36. The highest BCUT2D eigenvalue weighted by Crippen LogP contribution is 2.21. The maximum atomic E-state index is 12.2. The second kappa shape index (κ2) is 9.43. The normalized spacial score (nSPS) is 13.7. The molecular weight excluding hydrogens is 380 g/mol. The largest absolute Gasteiger partial charge is 0.378 e. The van der Waals surface area contributed by atoms with E-state index in [0.29, 0.717) is 16.3 Å². The summed E-state index contributed by atoms with van der Waals surface area (Å²) in [6, 6.07) is 12.7. The minimum absolute atomic E-state index is 0.0842. The molecule has 0 aliphatic carbocycles. The van der Waals surface area contributed by atoms with Crippen LogP contribution >= 0.6 is 11.6 Å². The average Bonchev–Trinajstić information content (AvgIpc) is 2.73.